The Morgan fingerprint density at radius 2 is 1.81 bits per heavy atom. The summed E-state index contributed by atoms with van der Waals surface area (Å²) in [5.74, 6) is 0.0818. The van der Waals surface area contributed by atoms with E-state index in [1.165, 1.54) is 38.6 Å². The van der Waals surface area contributed by atoms with Crippen molar-refractivity contribution in [3.63, 3.8) is 0 Å². The van der Waals surface area contributed by atoms with Gasteiger partial charge in [-0.2, -0.15) is 18.4 Å². The van der Waals surface area contributed by atoms with Crippen molar-refractivity contribution >= 4 is 21.7 Å². The molecular formula is C11H13N5O4S. The van der Waals surface area contributed by atoms with Crippen molar-refractivity contribution in [3.8, 4) is 11.8 Å². The number of sulfonamides is 1. The van der Waals surface area contributed by atoms with Gasteiger partial charge in [-0.15, -0.1) is 0 Å². The van der Waals surface area contributed by atoms with Gasteiger partial charge in [-0.25, -0.2) is 9.71 Å². The highest BCUT2D eigenvalue weighted by molar-refractivity contribution is 7.92. The minimum Gasteiger partial charge on any atom is -0.481 e. The van der Waals surface area contributed by atoms with Gasteiger partial charge < -0.3 is 15.2 Å². The first-order valence-corrected chi connectivity index (χ1v) is 7.15. The highest BCUT2D eigenvalue weighted by atomic mass is 32.2. The van der Waals surface area contributed by atoms with Crippen LogP contribution in [-0.2, 0) is 10.0 Å². The summed E-state index contributed by atoms with van der Waals surface area (Å²) in [7, 11) is -1.24. The van der Waals surface area contributed by atoms with Gasteiger partial charge in [0.2, 0.25) is 17.7 Å². The second-order valence-corrected chi connectivity index (χ2v) is 5.38. The van der Waals surface area contributed by atoms with Gasteiger partial charge in [0.15, 0.2) is 5.03 Å². The molecule has 0 saturated carbocycles. The molecule has 0 radical (unpaired) electrons. The Morgan fingerprint density at radius 3 is 2.33 bits per heavy atom. The molecule has 0 unspecified atom stereocenters. The molecule has 0 fully saturated rings. The molecule has 21 heavy (non-hydrogen) atoms. The van der Waals surface area contributed by atoms with Crippen LogP contribution in [0, 0.1) is 0 Å². The lowest BCUT2D eigenvalue weighted by Crippen LogP contribution is -2.18. The Balaban J connectivity index is 2.39. The van der Waals surface area contributed by atoms with Crippen LogP contribution < -0.4 is 19.9 Å². The maximum atomic E-state index is 12.2. The molecule has 112 valence electrons. The average Bonchev–Trinajstić information content (AvgIpc) is 2.46. The van der Waals surface area contributed by atoms with Crippen LogP contribution in [0.15, 0.2) is 29.4 Å². The highest BCUT2D eigenvalue weighted by Crippen LogP contribution is 2.21. The van der Waals surface area contributed by atoms with E-state index in [4.69, 9.17) is 15.2 Å². The molecule has 0 amide bonds. The first-order chi connectivity index (χ1) is 9.96. The van der Waals surface area contributed by atoms with Crippen LogP contribution in [0.25, 0.3) is 0 Å². The number of nitrogens with zero attached hydrogens (tertiary/aromatic N) is 3. The molecule has 0 aromatic carbocycles. The molecule has 2 rings (SSSR count). The zero-order valence-corrected chi connectivity index (χ0v) is 12.1. The number of nitrogens with one attached hydrogen (secondary N) is 1. The van der Waals surface area contributed by atoms with Crippen LogP contribution in [0.2, 0.25) is 0 Å². The summed E-state index contributed by atoms with van der Waals surface area (Å²) in [6, 6.07) is 4.36. The monoisotopic (exact) mass is 311 g/mol. The van der Waals surface area contributed by atoms with Crippen LogP contribution in [0.5, 0.6) is 11.8 Å². The molecule has 0 spiro atoms. The normalized spacial score (nSPS) is 11.0. The van der Waals surface area contributed by atoms with E-state index in [-0.39, 0.29) is 28.4 Å². The maximum absolute atomic E-state index is 12.2. The van der Waals surface area contributed by atoms with Crippen molar-refractivity contribution < 1.29 is 17.9 Å². The van der Waals surface area contributed by atoms with Crippen LogP contribution in [0.3, 0.4) is 0 Å². The Morgan fingerprint density at radius 1 is 1.19 bits per heavy atom. The third kappa shape index (κ3) is 3.28. The van der Waals surface area contributed by atoms with Crippen molar-refractivity contribution in [2.45, 2.75) is 5.03 Å². The second-order valence-electron chi connectivity index (χ2n) is 3.78. The molecule has 0 atom stereocenters. The summed E-state index contributed by atoms with van der Waals surface area (Å²) < 4.78 is 36.5. The summed E-state index contributed by atoms with van der Waals surface area (Å²) in [5.41, 5.74) is 5.61. The van der Waals surface area contributed by atoms with Crippen molar-refractivity contribution in [2.24, 2.45) is 0 Å². The molecule has 0 bridgehead atoms. The summed E-state index contributed by atoms with van der Waals surface area (Å²) in [5, 5.41) is -0.310. The third-order valence-electron chi connectivity index (χ3n) is 2.38. The van der Waals surface area contributed by atoms with Crippen LogP contribution in [-0.4, -0.2) is 37.6 Å². The average molecular weight is 311 g/mol. The van der Waals surface area contributed by atoms with Gasteiger partial charge >= 0.3 is 0 Å². The smallest absolute Gasteiger partial charge is 0.283 e. The van der Waals surface area contributed by atoms with Gasteiger partial charge in [0.25, 0.3) is 10.0 Å². The lowest BCUT2D eigenvalue weighted by Gasteiger charge is -2.09. The molecule has 10 heteroatoms. The first kappa shape index (κ1) is 14.8. The topological polar surface area (TPSA) is 129 Å². The number of nitrogens with two attached hydrogens (primary N) is 1. The van der Waals surface area contributed by atoms with E-state index in [0.717, 1.165) is 0 Å². The molecule has 0 aliphatic heterocycles. The number of methoxy groups -OCH3 is 2. The second kappa shape index (κ2) is 5.79. The molecule has 2 aromatic rings. The first-order valence-electron chi connectivity index (χ1n) is 5.66. The molecule has 0 aliphatic rings. The van der Waals surface area contributed by atoms with E-state index < -0.39 is 10.0 Å². The van der Waals surface area contributed by atoms with Crippen LogP contribution in [0.1, 0.15) is 0 Å². The van der Waals surface area contributed by atoms with Gasteiger partial charge in [-0.1, -0.05) is 0 Å². The van der Waals surface area contributed by atoms with Crippen molar-refractivity contribution in [1.82, 2.24) is 15.0 Å². The molecule has 2 heterocycles. The van der Waals surface area contributed by atoms with E-state index in [1.807, 2.05) is 0 Å². The largest absolute Gasteiger partial charge is 0.481 e. The number of nitrogen functional groups attached to an aromatic ring is 1. The van der Waals surface area contributed by atoms with Gasteiger partial charge in [0.05, 0.1) is 26.0 Å². The predicted octanol–water partition coefficient (Wildman–Crippen LogP) is 0.272. The highest BCUT2D eigenvalue weighted by Gasteiger charge is 2.21. The Bertz CT molecular complexity index is 728. The van der Waals surface area contributed by atoms with Gasteiger partial charge in [0.1, 0.15) is 0 Å². The molecular weight excluding hydrogens is 298 g/mol. The van der Waals surface area contributed by atoms with Gasteiger partial charge in [-0.3, -0.25) is 0 Å². The Labute approximate surface area is 121 Å². The number of anilines is 2. The van der Waals surface area contributed by atoms with Gasteiger partial charge in [-0.05, 0) is 12.1 Å². The van der Waals surface area contributed by atoms with E-state index in [1.54, 1.807) is 0 Å². The lowest BCUT2D eigenvalue weighted by atomic mass is 10.4. The zero-order chi connectivity index (χ0) is 15.5. The fraction of sp³-hybridized carbons (Fsp3) is 0.182. The predicted molar refractivity (Wildman–Crippen MR) is 74.6 cm³/mol. The van der Waals surface area contributed by atoms with E-state index >= 15 is 0 Å². The summed E-state index contributed by atoms with van der Waals surface area (Å²) in [6.45, 7) is 0. The molecule has 9 nitrogen and oxygen atoms in total. The standard InChI is InChI=1S/C11H13N5O4S/c1-19-8-6-9(20-2)15-11(14-8)16-21(17,18)10-7(12)4-3-5-13-10/h3-6H,12H2,1-2H3,(H,14,15,16). The van der Waals surface area contributed by atoms with Crippen LogP contribution >= 0.6 is 0 Å². The third-order valence-corrected chi connectivity index (χ3v) is 3.68. The number of ether oxygens (including phenoxy) is 2. The van der Waals surface area contributed by atoms with Crippen molar-refractivity contribution in [1.29, 1.82) is 0 Å². The molecule has 2 aromatic heterocycles. The zero-order valence-electron chi connectivity index (χ0n) is 11.3. The number of rotatable bonds is 5. The van der Waals surface area contributed by atoms with E-state index in [9.17, 15) is 8.42 Å². The Kier molecular flexibility index (Phi) is 4.08. The molecule has 0 aliphatic carbocycles. The SMILES string of the molecule is COc1cc(OC)nc(NS(=O)(=O)c2ncccc2N)n1. The van der Waals surface area contributed by atoms with E-state index in [2.05, 4.69) is 19.7 Å². The summed E-state index contributed by atoms with van der Waals surface area (Å²) in [4.78, 5) is 11.5. The fourth-order valence-electron chi connectivity index (χ4n) is 1.46. The number of pyridine rings is 1. The van der Waals surface area contributed by atoms with Crippen LogP contribution in [0.4, 0.5) is 11.6 Å². The lowest BCUT2D eigenvalue weighted by molar-refractivity contribution is 0.373. The molecule has 3 N–H and O–H groups in total. The van der Waals surface area contributed by atoms with E-state index in [0.29, 0.717) is 0 Å². The summed E-state index contributed by atoms with van der Waals surface area (Å²) >= 11 is 0. The Hall–Kier alpha value is -2.62. The van der Waals surface area contributed by atoms with Crippen molar-refractivity contribution in [2.75, 3.05) is 24.7 Å². The number of hydrogen-bond acceptors (Lipinski definition) is 8. The van der Waals surface area contributed by atoms with Crippen molar-refractivity contribution in [3.05, 3.63) is 24.4 Å². The maximum Gasteiger partial charge on any atom is 0.283 e. The minimum atomic E-state index is -4.02. The quantitative estimate of drug-likeness (QED) is 0.805. The molecule has 0 saturated heterocycles. The number of hydrogen-bond donors (Lipinski definition) is 2. The number of aromatic nitrogens is 3. The van der Waals surface area contributed by atoms with Gasteiger partial charge in [0, 0.05) is 6.20 Å². The minimum absolute atomic E-state index is 0.0138. The summed E-state index contributed by atoms with van der Waals surface area (Å²) in [6.07, 6.45) is 1.32. The fourth-order valence-corrected chi connectivity index (χ4v) is 2.46.